The molecule has 3 nitrogen and oxygen atoms in total. The van der Waals surface area contributed by atoms with Gasteiger partial charge in [-0.3, -0.25) is 9.69 Å². The number of rotatable bonds is 6. The maximum atomic E-state index is 12.2. The van der Waals surface area contributed by atoms with Crippen LogP contribution in [0.5, 0.6) is 0 Å². The third-order valence-electron chi connectivity index (χ3n) is 3.66. The van der Waals surface area contributed by atoms with E-state index >= 15 is 0 Å². The van der Waals surface area contributed by atoms with Crippen LogP contribution in [0.3, 0.4) is 0 Å². The van der Waals surface area contributed by atoms with Gasteiger partial charge in [0.25, 0.3) is 0 Å². The predicted octanol–water partition coefficient (Wildman–Crippen LogP) is 3.63. The van der Waals surface area contributed by atoms with Crippen molar-refractivity contribution in [2.75, 3.05) is 18.9 Å². The van der Waals surface area contributed by atoms with E-state index in [2.05, 4.69) is 43.4 Å². The number of aryl methyl sites for hydroxylation is 2. The fourth-order valence-corrected chi connectivity index (χ4v) is 2.45. The minimum Gasteiger partial charge on any atom is -0.325 e. The van der Waals surface area contributed by atoms with Crippen LogP contribution in [0.25, 0.3) is 0 Å². The largest absolute Gasteiger partial charge is 0.325 e. The second-order valence-corrected chi connectivity index (χ2v) is 5.72. The van der Waals surface area contributed by atoms with Crippen LogP contribution >= 0.6 is 0 Å². The fraction of sp³-hybridized carbons (Fsp3) is 0.316. The Labute approximate surface area is 133 Å². The Hall–Kier alpha value is -2.13. The molecule has 0 saturated carbocycles. The summed E-state index contributed by atoms with van der Waals surface area (Å²) in [6.07, 6.45) is 0.912. The molecule has 0 saturated heterocycles. The second kappa shape index (κ2) is 7.76. The molecule has 1 amide bonds. The molecule has 116 valence electrons. The van der Waals surface area contributed by atoms with Gasteiger partial charge in [-0.05, 0) is 37.6 Å². The Morgan fingerprint density at radius 2 is 1.77 bits per heavy atom. The summed E-state index contributed by atoms with van der Waals surface area (Å²) < 4.78 is 0. The zero-order valence-corrected chi connectivity index (χ0v) is 13.6. The predicted molar refractivity (Wildman–Crippen MR) is 92.0 cm³/mol. The Balaban J connectivity index is 1.89. The Morgan fingerprint density at radius 3 is 2.45 bits per heavy atom. The Kier molecular flexibility index (Phi) is 5.73. The SMILES string of the molecule is CCc1ccccc1NC(=O)CN(C)Cc1ccc(C)cc1. The van der Waals surface area contributed by atoms with Crippen LogP contribution in [-0.2, 0) is 17.8 Å². The summed E-state index contributed by atoms with van der Waals surface area (Å²) in [6.45, 7) is 5.32. The number of hydrogen-bond donors (Lipinski definition) is 1. The first kappa shape index (κ1) is 16.2. The molecule has 0 radical (unpaired) electrons. The molecule has 22 heavy (non-hydrogen) atoms. The molecule has 3 heteroatoms. The van der Waals surface area contributed by atoms with E-state index in [-0.39, 0.29) is 5.91 Å². The molecule has 0 aliphatic rings. The van der Waals surface area contributed by atoms with E-state index in [1.54, 1.807) is 0 Å². The Morgan fingerprint density at radius 1 is 1.09 bits per heavy atom. The number of carbonyl (C=O) groups is 1. The van der Waals surface area contributed by atoms with Crippen molar-refractivity contribution < 1.29 is 4.79 Å². The lowest BCUT2D eigenvalue weighted by atomic mass is 10.1. The van der Waals surface area contributed by atoms with Crippen LogP contribution in [0.15, 0.2) is 48.5 Å². The number of para-hydroxylation sites is 1. The zero-order valence-electron chi connectivity index (χ0n) is 13.6. The number of nitrogens with zero attached hydrogens (tertiary/aromatic N) is 1. The quantitative estimate of drug-likeness (QED) is 0.883. The lowest BCUT2D eigenvalue weighted by Crippen LogP contribution is -2.30. The lowest BCUT2D eigenvalue weighted by Gasteiger charge is -2.17. The van der Waals surface area contributed by atoms with E-state index in [0.29, 0.717) is 6.54 Å². The molecule has 0 unspecified atom stereocenters. The topological polar surface area (TPSA) is 32.3 Å². The number of likely N-dealkylation sites (N-methyl/N-ethyl adjacent to an activating group) is 1. The average Bonchev–Trinajstić information content (AvgIpc) is 2.50. The molecule has 2 aromatic carbocycles. The van der Waals surface area contributed by atoms with Crippen molar-refractivity contribution in [3.63, 3.8) is 0 Å². The summed E-state index contributed by atoms with van der Waals surface area (Å²) >= 11 is 0. The van der Waals surface area contributed by atoms with Gasteiger partial charge in [0.15, 0.2) is 0 Å². The first-order valence-corrected chi connectivity index (χ1v) is 7.70. The lowest BCUT2D eigenvalue weighted by molar-refractivity contribution is -0.117. The van der Waals surface area contributed by atoms with Crippen LogP contribution in [0.1, 0.15) is 23.6 Å². The third kappa shape index (κ3) is 4.71. The van der Waals surface area contributed by atoms with Gasteiger partial charge >= 0.3 is 0 Å². The highest BCUT2D eigenvalue weighted by atomic mass is 16.2. The number of amides is 1. The number of carbonyl (C=O) groups excluding carboxylic acids is 1. The highest BCUT2D eigenvalue weighted by Crippen LogP contribution is 2.15. The van der Waals surface area contributed by atoms with Crippen molar-refractivity contribution in [2.45, 2.75) is 26.8 Å². The second-order valence-electron chi connectivity index (χ2n) is 5.72. The van der Waals surface area contributed by atoms with E-state index in [0.717, 1.165) is 24.2 Å². The fourth-order valence-electron chi connectivity index (χ4n) is 2.45. The van der Waals surface area contributed by atoms with Crippen molar-refractivity contribution in [1.29, 1.82) is 0 Å². The highest BCUT2D eigenvalue weighted by Gasteiger charge is 2.09. The average molecular weight is 296 g/mol. The number of hydrogen-bond acceptors (Lipinski definition) is 2. The summed E-state index contributed by atoms with van der Waals surface area (Å²) in [4.78, 5) is 14.2. The standard InChI is InChI=1S/C19H24N2O/c1-4-17-7-5-6-8-18(17)20-19(22)14-21(3)13-16-11-9-15(2)10-12-16/h5-12H,4,13-14H2,1-3H3,(H,20,22). The monoisotopic (exact) mass is 296 g/mol. The highest BCUT2D eigenvalue weighted by molar-refractivity contribution is 5.92. The van der Waals surface area contributed by atoms with Crippen molar-refractivity contribution in [1.82, 2.24) is 4.90 Å². The van der Waals surface area contributed by atoms with Gasteiger partial charge in [-0.15, -0.1) is 0 Å². The van der Waals surface area contributed by atoms with E-state index in [1.165, 1.54) is 11.1 Å². The van der Waals surface area contributed by atoms with Gasteiger partial charge in [-0.1, -0.05) is 55.0 Å². The van der Waals surface area contributed by atoms with Gasteiger partial charge in [0.2, 0.25) is 5.91 Å². The summed E-state index contributed by atoms with van der Waals surface area (Å²) in [5, 5.41) is 3.01. The summed E-state index contributed by atoms with van der Waals surface area (Å²) in [5.74, 6) is 0.0236. The molecular formula is C19H24N2O. The molecule has 0 bridgehead atoms. The summed E-state index contributed by atoms with van der Waals surface area (Å²) in [6, 6.07) is 16.4. The van der Waals surface area contributed by atoms with Crippen LogP contribution in [0.4, 0.5) is 5.69 Å². The number of anilines is 1. The van der Waals surface area contributed by atoms with Crippen LogP contribution in [0.2, 0.25) is 0 Å². The summed E-state index contributed by atoms with van der Waals surface area (Å²) in [5.41, 5.74) is 4.55. The minimum absolute atomic E-state index is 0.0236. The molecule has 0 aromatic heterocycles. The molecule has 1 N–H and O–H groups in total. The van der Waals surface area contributed by atoms with Crippen molar-refractivity contribution in [3.05, 3.63) is 65.2 Å². The maximum absolute atomic E-state index is 12.2. The van der Waals surface area contributed by atoms with Crippen molar-refractivity contribution in [2.24, 2.45) is 0 Å². The minimum atomic E-state index is 0.0236. The molecule has 2 rings (SSSR count). The first-order valence-electron chi connectivity index (χ1n) is 7.70. The third-order valence-corrected chi connectivity index (χ3v) is 3.66. The van der Waals surface area contributed by atoms with E-state index in [1.807, 2.05) is 36.2 Å². The maximum Gasteiger partial charge on any atom is 0.238 e. The van der Waals surface area contributed by atoms with Gasteiger partial charge in [-0.25, -0.2) is 0 Å². The zero-order chi connectivity index (χ0) is 15.9. The van der Waals surface area contributed by atoms with Crippen molar-refractivity contribution in [3.8, 4) is 0 Å². The molecular weight excluding hydrogens is 272 g/mol. The normalized spacial score (nSPS) is 10.7. The first-order chi connectivity index (χ1) is 10.6. The van der Waals surface area contributed by atoms with Gasteiger partial charge in [-0.2, -0.15) is 0 Å². The molecule has 0 spiro atoms. The van der Waals surface area contributed by atoms with Gasteiger partial charge in [0, 0.05) is 12.2 Å². The van der Waals surface area contributed by atoms with E-state index in [4.69, 9.17) is 0 Å². The number of nitrogens with one attached hydrogen (secondary N) is 1. The van der Waals surface area contributed by atoms with Crippen LogP contribution in [0, 0.1) is 6.92 Å². The van der Waals surface area contributed by atoms with Crippen LogP contribution < -0.4 is 5.32 Å². The van der Waals surface area contributed by atoms with Crippen molar-refractivity contribution >= 4 is 11.6 Å². The van der Waals surface area contributed by atoms with Gasteiger partial charge < -0.3 is 5.32 Å². The van der Waals surface area contributed by atoms with E-state index < -0.39 is 0 Å². The van der Waals surface area contributed by atoms with E-state index in [9.17, 15) is 4.79 Å². The van der Waals surface area contributed by atoms with Gasteiger partial charge in [0.1, 0.15) is 0 Å². The molecule has 0 heterocycles. The Bertz CT molecular complexity index is 620. The molecule has 0 aliphatic carbocycles. The molecule has 0 fully saturated rings. The van der Waals surface area contributed by atoms with Crippen LogP contribution in [-0.4, -0.2) is 24.4 Å². The van der Waals surface area contributed by atoms with Gasteiger partial charge in [0.05, 0.1) is 6.54 Å². The molecule has 0 atom stereocenters. The molecule has 2 aromatic rings. The summed E-state index contributed by atoms with van der Waals surface area (Å²) in [7, 11) is 1.96. The number of benzene rings is 2. The smallest absolute Gasteiger partial charge is 0.238 e. The molecule has 0 aliphatic heterocycles.